The first-order valence-electron chi connectivity index (χ1n) is 10.8. The molecule has 150 valence electrons. The maximum absolute atomic E-state index is 6.28. The fourth-order valence-electron chi connectivity index (χ4n) is 5.62. The average molecular weight is 387 g/mol. The van der Waals surface area contributed by atoms with Crippen molar-refractivity contribution in [3.05, 3.63) is 76.6 Å². The third kappa shape index (κ3) is 3.08. The molecule has 1 aromatic heterocycles. The summed E-state index contributed by atoms with van der Waals surface area (Å²) in [6.07, 6.45) is 4.58. The minimum atomic E-state index is 0.189. The smallest absolute Gasteiger partial charge is 0.132 e. The molecular weight excluding hydrogens is 356 g/mol. The highest BCUT2D eigenvalue weighted by atomic mass is 16.5. The Kier molecular flexibility index (Phi) is 4.13. The highest BCUT2D eigenvalue weighted by Gasteiger charge is 2.41. The SMILES string of the molecule is CC1(C)CC(C)(C)c2cc(OCc3nn(-c4ccccc4)c4c3CCC4)ccc21. The normalized spacial score (nSPS) is 18.5. The Balaban J connectivity index is 1.42. The lowest BCUT2D eigenvalue weighted by Gasteiger charge is -2.22. The summed E-state index contributed by atoms with van der Waals surface area (Å²) in [6, 6.07) is 17.1. The molecule has 0 spiro atoms. The van der Waals surface area contributed by atoms with Crippen molar-refractivity contribution in [3.63, 3.8) is 0 Å². The van der Waals surface area contributed by atoms with Crippen molar-refractivity contribution < 1.29 is 4.74 Å². The van der Waals surface area contributed by atoms with Crippen molar-refractivity contribution in [2.45, 2.75) is 70.8 Å². The summed E-state index contributed by atoms with van der Waals surface area (Å²) in [6.45, 7) is 9.92. The van der Waals surface area contributed by atoms with Crippen molar-refractivity contribution in [3.8, 4) is 11.4 Å². The summed E-state index contributed by atoms with van der Waals surface area (Å²) in [5.41, 5.74) is 8.27. The molecule has 3 heteroatoms. The third-order valence-corrected chi connectivity index (χ3v) is 6.72. The van der Waals surface area contributed by atoms with Gasteiger partial charge < -0.3 is 4.74 Å². The number of aromatic nitrogens is 2. The van der Waals surface area contributed by atoms with Gasteiger partial charge in [0.25, 0.3) is 0 Å². The zero-order valence-electron chi connectivity index (χ0n) is 18.0. The maximum atomic E-state index is 6.28. The van der Waals surface area contributed by atoms with Crippen LogP contribution in [0.25, 0.3) is 5.69 Å². The second-order valence-electron chi connectivity index (χ2n) is 9.91. The predicted molar refractivity (Wildman–Crippen MR) is 117 cm³/mol. The molecule has 0 saturated carbocycles. The average Bonchev–Trinajstić information content (AvgIpc) is 3.33. The van der Waals surface area contributed by atoms with Crippen LogP contribution >= 0.6 is 0 Å². The van der Waals surface area contributed by atoms with Gasteiger partial charge in [0, 0.05) is 11.3 Å². The van der Waals surface area contributed by atoms with Gasteiger partial charge in [0.15, 0.2) is 0 Å². The van der Waals surface area contributed by atoms with E-state index in [-0.39, 0.29) is 10.8 Å². The second-order valence-corrected chi connectivity index (χ2v) is 9.91. The predicted octanol–water partition coefficient (Wildman–Crippen LogP) is 5.90. The quantitative estimate of drug-likeness (QED) is 0.558. The van der Waals surface area contributed by atoms with E-state index < -0.39 is 0 Å². The summed E-state index contributed by atoms with van der Waals surface area (Å²) < 4.78 is 8.40. The van der Waals surface area contributed by atoms with E-state index in [1.165, 1.54) is 35.2 Å². The Hall–Kier alpha value is -2.55. The Labute approximate surface area is 173 Å². The fourth-order valence-corrected chi connectivity index (χ4v) is 5.62. The van der Waals surface area contributed by atoms with Gasteiger partial charge in [0.2, 0.25) is 0 Å². The molecule has 3 nitrogen and oxygen atoms in total. The van der Waals surface area contributed by atoms with E-state index in [1.807, 2.05) is 6.07 Å². The van der Waals surface area contributed by atoms with Crippen LogP contribution in [0.3, 0.4) is 0 Å². The number of hydrogen-bond donors (Lipinski definition) is 0. The Morgan fingerprint density at radius 2 is 1.69 bits per heavy atom. The molecular formula is C26H30N2O. The van der Waals surface area contributed by atoms with Gasteiger partial charge in [-0.1, -0.05) is 52.0 Å². The number of fused-ring (bicyclic) bond motifs is 2. The Morgan fingerprint density at radius 3 is 2.48 bits per heavy atom. The highest BCUT2D eigenvalue weighted by Crippen LogP contribution is 2.50. The molecule has 0 amide bonds. The number of rotatable bonds is 4. The van der Waals surface area contributed by atoms with Gasteiger partial charge in [-0.15, -0.1) is 0 Å². The van der Waals surface area contributed by atoms with E-state index >= 15 is 0 Å². The van der Waals surface area contributed by atoms with Gasteiger partial charge in [-0.2, -0.15) is 5.10 Å². The topological polar surface area (TPSA) is 27.1 Å². The molecule has 0 atom stereocenters. The van der Waals surface area contributed by atoms with Crippen LogP contribution in [-0.2, 0) is 30.3 Å². The number of hydrogen-bond acceptors (Lipinski definition) is 2. The van der Waals surface area contributed by atoms with Gasteiger partial charge >= 0.3 is 0 Å². The van der Waals surface area contributed by atoms with Gasteiger partial charge in [0.1, 0.15) is 18.1 Å². The minimum absolute atomic E-state index is 0.189. The van der Waals surface area contributed by atoms with Crippen LogP contribution in [0.2, 0.25) is 0 Å². The fraction of sp³-hybridized carbons (Fsp3) is 0.423. The first-order valence-corrected chi connectivity index (χ1v) is 10.8. The van der Waals surface area contributed by atoms with Crippen LogP contribution in [0.5, 0.6) is 5.75 Å². The summed E-state index contributed by atoms with van der Waals surface area (Å²) >= 11 is 0. The molecule has 29 heavy (non-hydrogen) atoms. The van der Waals surface area contributed by atoms with Gasteiger partial charge in [-0.3, -0.25) is 0 Å². The first-order chi connectivity index (χ1) is 13.9. The van der Waals surface area contributed by atoms with Gasteiger partial charge in [-0.25, -0.2) is 4.68 Å². The Morgan fingerprint density at radius 1 is 0.931 bits per heavy atom. The lowest BCUT2D eigenvalue weighted by Crippen LogP contribution is -2.17. The lowest BCUT2D eigenvalue weighted by molar-refractivity contribution is 0.298. The number of nitrogens with zero attached hydrogens (tertiary/aromatic N) is 2. The zero-order chi connectivity index (χ0) is 20.2. The van der Waals surface area contributed by atoms with Gasteiger partial charge in [0.05, 0.1) is 5.69 Å². The summed E-state index contributed by atoms with van der Waals surface area (Å²) in [5.74, 6) is 0.954. The maximum Gasteiger partial charge on any atom is 0.132 e. The molecule has 0 saturated heterocycles. The molecule has 2 aromatic carbocycles. The second kappa shape index (κ2) is 6.48. The zero-order valence-corrected chi connectivity index (χ0v) is 18.0. The largest absolute Gasteiger partial charge is 0.487 e. The van der Waals surface area contributed by atoms with E-state index in [9.17, 15) is 0 Å². The molecule has 2 aliphatic carbocycles. The molecule has 1 heterocycles. The van der Waals surface area contributed by atoms with Crippen LogP contribution < -0.4 is 4.74 Å². The van der Waals surface area contributed by atoms with Crippen LogP contribution in [0.4, 0.5) is 0 Å². The number of benzene rings is 2. The summed E-state index contributed by atoms with van der Waals surface area (Å²) in [5, 5.41) is 4.93. The molecule has 0 fully saturated rings. The van der Waals surface area contributed by atoms with Crippen LogP contribution in [0.15, 0.2) is 48.5 Å². The molecule has 0 unspecified atom stereocenters. The monoisotopic (exact) mass is 386 g/mol. The van der Waals surface area contributed by atoms with Crippen molar-refractivity contribution in [1.29, 1.82) is 0 Å². The molecule has 0 bridgehead atoms. The van der Waals surface area contributed by atoms with E-state index in [0.29, 0.717) is 6.61 Å². The van der Waals surface area contributed by atoms with E-state index in [0.717, 1.165) is 30.0 Å². The number of ether oxygens (including phenoxy) is 1. The Bertz CT molecular complexity index is 1060. The number of para-hydroxylation sites is 1. The van der Waals surface area contributed by atoms with Crippen molar-refractivity contribution >= 4 is 0 Å². The first kappa shape index (κ1) is 18.5. The lowest BCUT2D eigenvalue weighted by atomic mass is 9.82. The summed E-state index contributed by atoms with van der Waals surface area (Å²) in [4.78, 5) is 0. The standard InChI is InChI=1S/C26H30N2O/c1-25(2)17-26(3,4)22-15-19(13-14-21(22)25)29-16-23-20-11-8-12-24(20)28(27-23)18-9-6-5-7-10-18/h5-7,9-10,13-15H,8,11-12,16-17H2,1-4H3. The molecule has 3 aromatic rings. The molecule has 0 radical (unpaired) electrons. The van der Waals surface area contributed by atoms with Crippen LogP contribution in [0, 0.1) is 0 Å². The van der Waals surface area contributed by atoms with E-state index in [2.05, 4.69) is 74.8 Å². The molecule has 2 aliphatic rings. The van der Waals surface area contributed by atoms with E-state index in [1.54, 1.807) is 0 Å². The third-order valence-electron chi connectivity index (χ3n) is 6.72. The summed E-state index contributed by atoms with van der Waals surface area (Å²) in [7, 11) is 0. The van der Waals surface area contributed by atoms with Crippen molar-refractivity contribution in [1.82, 2.24) is 9.78 Å². The molecule has 5 rings (SSSR count). The molecule has 0 aliphatic heterocycles. The van der Waals surface area contributed by atoms with Crippen molar-refractivity contribution in [2.24, 2.45) is 0 Å². The molecule has 0 N–H and O–H groups in total. The van der Waals surface area contributed by atoms with Gasteiger partial charge in [-0.05, 0) is 71.9 Å². The van der Waals surface area contributed by atoms with Crippen LogP contribution in [0.1, 0.15) is 68.6 Å². The minimum Gasteiger partial charge on any atom is -0.487 e. The van der Waals surface area contributed by atoms with Crippen LogP contribution in [-0.4, -0.2) is 9.78 Å². The van der Waals surface area contributed by atoms with E-state index in [4.69, 9.17) is 9.84 Å². The van der Waals surface area contributed by atoms with Crippen molar-refractivity contribution in [2.75, 3.05) is 0 Å². The highest BCUT2D eigenvalue weighted by molar-refractivity contribution is 5.48.